The van der Waals surface area contributed by atoms with Crippen LogP contribution in [0.3, 0.4) is 0 Å². The van der Waals surface area contributed by atoms with Crippen molar-refractivity contribution in [3.05, 3.63) is 11.6 Å². The Hall–Kier alpha value is -2.46. The summed E-state index contributed by atoms with van der Waals surface area (Å²) in [4.78, 5) is 42.6. The van der Waals surface area contributed by atoms with Crippen LogP contribution in [0.25, 0.3) is 0 Å². The lowest BCUT2D eigenvalue weighted by Gasteiger charge is -2.36. The lowest BCUT2D eigenvalue weighted by Crippen LogP contribution is -2.57. The average molecular weight is 430 g/mol. The van der Waals surface area contributed by atoms with E-state index >= 15 is 0 Å². The maximum absolute atomic E-state index is 12.0. The molecule has 1 aliphatic carbocycles. The summed E-state index contributed by atoms with van der Waals surface area (Å²) in [6.45, 7) is 7.62. The van der Waals surface area contributed by atoms with Crippen LogP contribution in [-0.2, 0) is 28.7 Å². The van der Waals surface area contributed by atoms with E-state index in [0.717, 1.165) is 12.8 Å². The van der Waals surface area contributed by atoms with Crippen LogP contribution in [0.15, 0.2) is 11.6 Å². The number of carboxylic acid groups (broad SMARTS) is 2. The molecule has 0 fully saturated rings. The zero-order valence-electron chi connectivity index (χ0n) is 18.1. The molecular formula is C20H34N2O8. The molecule has 0 aromatic carbocycles. The Morgan fingerprint density at radius 1 is 1.13 bits per heavy atom. The van der Waals surface area contributed by atoms with E-state index < -0.39 is 18.0 Å². The van der Waals surface area contributed by atoms with Gasteiger partial charge in [-0.05, 0) is 32.3 Å². The monoisotopic (exact) mass is 430 g/mol. The first-order valence-electron chi connectivity index (χ1n) is 10.0. The summed E-state index contributed by atoms with van der Waals surface area (Å²) in [7, 11) is 0. The SMILES string of the molecule is CCOC(=O)C1=C[C@@H](OC(CC)CC)[C@H](NC(C)=O)[C@@H](N)C1.O=C(O)CCC(=O)O. The van der Waals surface area contributed by atoms with Crippen molar-refractivity contribution >= 4 is 23.8 Å². The Kier molecular flexibility index (Phi) is 13.3. The van der Waals surface area contributed by atoms with Crippen molar-refractivity contribution in [2.24, 2.45) is 5.73 Å². The summed E-state index contributed by atoms with van der Waals surface area (Å²) in [5, 5.41) is 18.6. The van der Waals surface area contributed by atoms with Crippen LogP contribution in [0.2, 0.25) is 0 Å². The maximum atomic E-state index is 12.0. The van der Waals surface area contributed by atoms with Crippen molar-refractivity contribution in [3.8, 4) is 0 Å². The van der Waals surface area contributed by atoms with E-state index in [4.69, 9.17) is 25.4 Å². The highest BCUT2D eigenvalue weighted by Crippen LogP contribution is 2.24. The molecule has 172 valence electrons. The largest absolute Gasteiger partial charge is 0.481 e. The Morgan fingerprint density at radius 3 is 2.07 bits per heavy atom. The summed E-state index contributed by atoms with van der Waals surface area (Å²) >= 11 is 0. The van der Waals surface area contributed by atoms with Gasteiger partial charge in [-0.2, -0.15) is 0 Å². The summed E-state index contributed by atoms with van der Waals surface area (Å²) in [6.07, 6.45) is 2.88. The van der Waals surface area contributed by atoms with E-state index in [1.165, 1.54) is 6.92 Å². The second-order valence-electron chi connectivity index (χ2n) is 6.83. The highest BCUT2D eigenvalue weighted by Gasteiger charge is 2.35. The van der Waals surface area contributed by atoms with Gasteiger partial charge in [0, 0.05) is 18.5 Å². The Bertz CT molecular complexity index is 602. The molecule has 5 N–H and O–H groups in total. The first kappa shape index (κ1) is 27.5. The number of nitrogens with two attached hydrogens (primary N) is 1. The van der Waals surface area contributed by atoms with E-state index in [2.05, 4.69) is 5.32 Å². The lowest BCUT2D eigenvalue weighted by molar-refractivity contribution is -0.143. The van der Waals surface area contributed by atoms with E-state index in [0.29, 0.717) is 18.6 Å². The van der Waals surface area contributed by atoms with Gasteiger partial charge in [0.2, 0.25) is 5.91 Å². The molecule has 0 radical (unpaired) electrons. The highest BCUT2D eigenvalue weighted by atomic mass is 16.5. The third-order valence-electron chi connectivity index (χ3n) is 4.36. The first-order chi connectivity index (χ1) is 14.0. The molecule has 0 bridgehead atoms. The van der Waals surface area contributed by atoms with Gasteiger partial charge < -0.3 is 30.7 Å². The second kappa shape index (κ2) is 14.5. The van der Waals surface area contributed by atoms with Crippen molar-refractivity contribution in [2.75, 3.05) is 6.61 Å². The van der Waals surface area contributed by atoms with Crippen LogP contribution in [0, 0.1) is 0 Å². The van der Waals surface area contributed by atoms with Gasteiger partial charge in [-0.3, -0.25) is 14.4 Å². The van der Waals surface area contributed by atoms with Crippen molar-refractivity contribution < 1.29 is 38.9 Å². The molecular weight excluding hydrogens is 396 g/mol. The van der Waals surface area contributed by atoms with Crippen molar-refractivity contribution in [1.29, 1.82) is 0 Å². The molecule has 10 nitrogen and oxygen atoms in total. The summed E-state index contributed by atoms with van der Waals surface area (Å²) in [6, 6.07) is -0.719. The Labute approximate surface area is 176 Å². The molecule has 0 heterocycles. The lowest BCUT2D eigenvalue weighted by atomic mass is 9.88. The highest BCUT2D eigenvalue weighted by molar-refractivity contribution is 5.89. The molecule has 0 aromatic heterocycles. The number of hydrogen-bond acceptors (Lipinski definition) is 7. The van der Waals surface area contributed by atoms with Gasteiger partial charge in [-0.15, -0.1) is 0 Å². The van der Waals surface area contributed by atoms with E-state index in [1.54, 1.807) is 13.0 Å². The van der Waals surface area contributed by atoms with Crippen LogP contribution in [0.4, 0.5) is 0 Å². The quantitative estimate of drug-likeness (QED) is 0.373. The minimum Gasteiger partial charge on any atom is -0.481 e. The van der Waals surface area contributed by atoms with Crippen LogP contribution in [-0.4, -0.2) is 64.9 Å². The number of ether oxygens (including phenoxy) is 2. The van der Waals surface area contributed by atoms with Crippen LogP contribution < -0.4 is 11.1 Å². The van der Waals surface area contributed by atoms with Crippen molar-refractivity contribution in [3.63, 3.8) is 0 Å². The van der Waals surface area contributed by atoms with Crippen molar-refractivity contribution in [2.45, 2.75) is 84.1 Å². The number of carboxylic acids is 2. The third-order valence-corrected chi connectivity index (χ3v) is 4.36. The fourth-order valence-electron chi connectivity index (χ4n) is 2.83. The predicted molar refractivity (Wildman–Crippen MR) is 109 cm³/mol. The van der Waals surface area contributed by atoms with Gasteiger partial charge in [0.1, 0.15) is 0 Å². The van der Waals surface area contributed by atoms with Crippen LogP contribution in [0.5, 0.6) is 0 Å². The molecule has 1 rings (SSSR count). The predicted octanol–water partition coefficient (Wildman–Crippen LogP) is 1.22. The normalized spacial score (nSPS) is 20.5. The number of carbonyl (C=O) groups excluding carboxylic acids is 2. The van der Waals surface area contributed by atoms with Crippen LogP contribution in [0.1, 0.15) is 59.8 Å². The number of esters is 1. The fourth-order valence-corrected chi connectivity index (χ4v) is 2.83. The molecule has 3 atom stereocenters. The third kappa shape index (κ3) is 10.9. The Morgan fingerprint density at radius 2 is 1.67 bits per heavy atom. The molecule has 0 unspecified atom stereocenters. The minimum atomic E-state index is -1.08. The number of carbonyl (C=O) groups is 4. The van der Waals surface area contributed by atoms with E-state index in [-0.39, 0.29) is 42.9 Å². The Balaban J connectivity index is 0.000000890. The van der Waals surface area contributed by atoms with Gasteiger partial charge >= 0.3 is 17.9 Å². The molecule has 1 aliphatic rings. The van der Waals surface area contributed by atoms with Gasteiger partial charge in [0.05, 0.1) is 37.7 Å². The second-order valence-corrected chi connectivity index (χ2v) is 6.83. The number of aliphatic carboxylic acids is 2. The smallest absolute Gasteiger partial charge is 0.333 e. The summed E-state index contributed by atoms with van der Waals surface area (Å²) in [5.41, 5.74) is 6.68. The molecule has 0 aromatic rings. The molecule has 0 saturated heterocycles. The average Bonchev–Trinajstić information content (AvgIpc) is 2.67. The minimum absolute atomic E-state index is 0.0613. The number of hydrogen-bond donors (Lipinski definition) is 4. The standard InChI is InChI=1S/C16H28N2O4.C4H6O4/c1-5-12(6-2)22-14-9-11(16(20)21-7-3)8-13(17)15(14)18-10(4)19;5-3(6)1-2-4(7)8/h9,12-15H,5-8,17H2,1-4H3,(H,18,19);1-2H2,(H,5,6)(H,7,8)/t13-,14+,15+;/m0./s1. The van der Waals surface area contributed by atoms with Gasteiger partial charge in [0.15, 0.2) is 0 Å². The van der Waals surface area contributed by atoms with Gasteiger partial charge in [-0.1, -0.05) is 13.8 Å². The topological polar surface area (TPSA) is 165 Å². The number of amides is 1. The number of nitrogens with one attached hydrogen (secondary N) is 1. The molecule has 0 aliphatic heterocycles. The summed E-state index contributed by atoms with van der Waals surface area (Å²) < 4.78 is 11.1. The molecule has 1 amide bonds. The first-order valence-corrected chi connectivity index (χ1v) is 10.0. The molecule has 0 spiro atoms. The molecule has 30 heavy (non-hydrogen) atoms. The van der Waals surface area contributed by atoms with E-state index in [1.807, 2.05) is 13.8 Å². The zero-order chi connectivity index (χ0) is 23.3. The maximum Gasteiger partial charge on any atom is 0.333 e. The zero-order valence-corrected chi connectivity index (χ0v) is 18.1. The van der Waals surface area contributed by atoms with Crippen LogP contribution >= 0.6 is 0 Å². The van der Waals surface area contributed by atoms with Crippen molar-refractivity contribution in [1.82, 2.24) is 5.32 Å². The molecule has 0 saturated carbocycles. The molecule has 10 heteroatoms. The van der Waals surface area contributed by atoms with E-state index in [9.17, 15) is 19.2 Å². The summed E-state index contributed by atoms with van der Waals surface area (Å²) in [5.74, 6) is -2.68. The van der Waals surface area contributed by atoms with Gasteiger partial charge in [-0.25, -0.2) is 4.79 Å². The van der Waals surface area contributed by atoms with Gasteiger partial charge in [0.25, 0.3) is 0 Å². The fraction of sp³-hybridized carbons (Fsp3) is 0.700. The number of rotatable bonds is 10.